The second kappa shape index (κ2) is 7.25. The molecule has 3 rings (SSSR count). The molecule has 2 saturated carbocycles. The van der Waals surface area contributed by atoms with Gasteiger partial charge in [-0.05, 0) is 61.8 Å². The van der Waals surface area contributed by atoms with E-state index < -0.39 is 23.8 Å². The number of nitrogens with one attached hydrogen (secondary N) is 1. The van der Waals surface area contributed by atoms with E-state index >= 15 is 0 Å². The quantitative estimate of drug-likeness (QED) is 0.773. The lowest BCUT2D eigenvalue weighted by Crippen LogP contribution is -2.37. The fourth-order valence-corrected chi connectivity index (χ4v) is 4.22. The lowest BCUT2D eigenvalue weighted by molar-refractivity contribution is -0.148. The first-order valence-corrected chi connectivity index (χ1v) is 8.82. The molecular formula is C19H23NO5. The summed E-state index contributed by atoms with van der Waals surface area (Å²) in [7, 11) is 0. The molecular weight excluding hydrogens is 322 g/mol. The van der Waals surface area contributed by atoms with Gasteiger partial charge >= 0.3 is 11.9 Å². The lowest BCUT2D eigenvalue weighted by Gasteiger charge is -2.27. The third-order valence-electron chi connectivity index (χ3n) is 5.33. The Bertz CT molecular complexity index is 669. The third-order valence-corrected chi connectivity index (χ3v) is 5.33. The molecule has 0 aromatic heterocycles. The van der Waals surface area contributed by atoms with Crippen molar-refractivity contribution in [2.45, 2.75) is 32.6 Å². The summed E-state index contributed by atoms with van der Waals surface area (Å²) in [4.78, 5) is 35.9. The highest BCUT2D eigenvalue weighted by Gasteiger charge is 2.53. The van der Waals surface area contributed by atoms with E-state index in [9.17, 15) is 19.5 Å². The molecule has 2 fully saturated rings. The zero-order valence-corrected chi connectivity index (χ0v) is 14.2. The molecule has 4 atom stereocenters. The minimum Gasteiger partial charge on any atom is -0.481 e. The molecule has 0 aliphatic heterocycles. The van der Waals surface area contributed by atoms with Crippen LogP contribution in [-0.2, 0) is 14.3 Å². The summed E-state index contributed by atoms with van der Waals surface area (Å²) in [6.07, 6.45) is 3.42. The Labute approximate surface area is 146 Å². The Hall–Kier alpha value is -2.37. The minimum atomic E-state index is -0.874. The molecule has 2 aliphatic carbocycles. The van der Waals surface area contributed by atoms with Crippen molar-refractivity contribution in [2.75, 3.05) is 11.9 Å². The number of aliphatic carboxylic acids is 1. The smallest absolute Gasteiger partial charge is 0.338 e. The molecule has 0 saturated heterocycles. The van der Waals surface area contributed by atoms with Crippen molar-refractivity contribution in [2.24, 2.45) is 23.7 Å². The Balaban J connectivity index is 1.65. The topological polar surface area (TPSA) is 92.7 Å². The summed E-state index contributed by atoms with van der Waals surface area (Å²) < 4.78 is 5.06. The molecule has 6 nitrogen and oxygen atoms in total. The Kier molecular flexibility index (Phi) is 5.06. The van der Waals surface area contributed by atoms with E-state index in [4.69, 9.17) is 4.74 Å². The summed E-state index contributed by atoms with van der Waals surface area (Å²) >= 11 is 0. The van der Waals surface area contributed by atoms with Crippen LogP contribution >= 0.6 is 0 Å². The van der Waals surface area contributed by atoms with Gasteiger partial charge in [-0.2, -0.15) is 0 Å². The number of esters is 1. The van der Waals surface area contributed by atoms with Gasteiger partial charge in [0.25, 0.3) is 0 Å². The van der Waals surface area contributed by atoms with Gasteiger partial charge in [0, 0.05) is 5.69 Å². The fraction of sp³-hybridized carbons (Fsp3) is 0.526. The second-order valence-electron chi connectivity index (χ2n) is 6.93. The Morgan fingerprint density at radius 3 is 2.36 bits per heavy atom. The summed E-state index contributed by atoms with van der Waals surface area (Å²) in [5.74, 6) is -2.27. The average Bonchev–Trinajstić information content (AvgIpc) is 3.21. The monoisotopic (exact) mass is 345 g/mol. The molecule has 25 heavy (non-hydrogen) atoms. The number of rotatable bonds is 6. The predicted molar refractivity (Wildman–Crippen MR) is 91.1 cm³/mol. The highest BCUT2D eigenvalue weighted by atomic mass is 16.5. The maximum Gasteiger partial charge on any atom is 0.338 e. The van der Waals surface area contributed by atoms with Gasteiger partial charge in [-0.3, -0.25) is 9.59 Å². The van der Waals surface area contributed by atoms with Gasteiger partial charge in [0.1, 0.15) is 0 Å². The van der Waals surface area contributed by atoms with Gasteiger partial charge in [0.15, 0.2) is 0 Å². The van der Waals surface area contributed by atoms with Crippen molar-refractivity contribution in [3.63, 3.8) is 0 Å². The zero-order valence-electron chi connectivity index (χ0n) is 14.2. The molecule has 0 radical (unpaired) electrons. The summed E-state index contributed by atoms with van der Waals surface area (Å²) in [6, 6.07) is 6.49. The average molecular weight is 345 g/mol. The number of fused-ring (bicyclic) bond motifs is 2. The van der Waals surface area contributed by atoms with Crippen molar-refractivity contribution >= 4 is 23.5 Å². The van der Waals surface area contributed by atoms with Crippen molar-refractivity contribution in [3.8, 4) is 0 Å². The van der Waals surface area contributed by atoms with Gasteiger partial charge in [0.2, 0.25) is 5.91 Å². The summed E-state index contributed by atoms with van der Waals surface area (Å²) in [6.45, 7) is 2.30. The standard InChI is InChI=1S/C19H23NO5/c1-2-9-25-19(24)11-5-7-14(8-6-11)20-17(21)15-12-3-4-13(10-12)16(15)18(22)23/h5-8,12-13,15-16H,2-4,9-10H2,1H3,(H,20,21)(H,22,23)/t12-,13+,15-,16+/m1/s1. The zero-order chi connectivity index (χ0) is 18.0. The first-order valence-electron chi connectivity index (χ1n) is 8.82. The van der Waals surface area contributed by atoms with E-state index in [0.717, 1.165) is 25.7 Å². The number of ether oxygens (including phenoxy) is 1. The maximum atomic E-state index is 12.6. The summed E-state index contributed by atoms with van der Waals surface area (Å²) in [5.41, 5.74) is 0.985. The molecule has 2 bridgehead atoms. The van der Waals surface area contributed by atoms with Crippen LogP contribution in [0.1, 0.15) is 43.0 Å². The van der Waals surface area contributed by atoms with E-state index in [1.165, 1.54) is 0 Å². The molecule has 134 valence electrons. The van der Waals surface area contributed by atoms with Crippen LogP contribution in [0.3, 0.4) is 0 Å². The van der Waals surface area contributed by atoms with Crippen LogP contribution in [0.15, 0.2) is 24.3 Å². The van der Waals surface area contributed by atoms with E-state index in [1.54, 1.807) is 24.3 Å². The molecule has 1 aromatic rings. The molecule has 0 spiro atoms. The van der Waals surface area contributed by atoms with Gasteiger partial charge in [-0.1, -0.05) is 6.92 Å². The van der Waals surface area contributed by atoms with Gasteiger partial charge < -0.3 is 15.2 Å². The SMILES string of the molecule is CCCOC(=O)c1ccc(NC(=O)[C@@H]2[C@@H]3CC[C@@H](C3)[C@@H]2C(=O)O)cc1. The van der Waals surface area contributed by atoms with Crippen LogP contribution in [0.5, 0.6) is 0 Å². The normalized spacial score (nSPS) is 27.1. The van der Waals surface area contributed by atoms with Gasteiger partial charge in [0.05, 0.1) is 24.0 Å². The van der Waals surface area contributed by atoms with E-state index in [-0.39, 0.29) is 17.7 Å². The molecule has 2 N–H and O–H groups in total. The summed E-state index contributed by atoms with van der Waals surface area (Å²) in [5, 5.41) is 12.3. The predicted octanol–water partition coefficient (Wildman–Crippen LogP) is 2.94. The van der Waals surface area contributed by atoms with Crippen molar-refractivity contribution < 1.29 is 24.2 Å². The number of hydrogen-bond acceptors (Lipinski definition) is 4. The van der Waals surface area contributed by atoms with Crippen LogP contribution in [-0.4, -0.2) is 29.6 Å². The second-order valence-corrected chi connectivity index (χ2v) is 6.93. The third kappa shape index (κ3) is 3.52. The van der Waals surface area contributed by atoms with Gasteiger partial charge in [-0.25, -0.2) is 4.79 Å². The molecule has 0 unspecified atom stereocenters. The van der Waals surface area contributed by atoms with Crippen LogP contribution in [0.25, 0.3) is 0 Å². The van der Waals surface area contributed by atoms with Crippen molar-refractivity contribution in [3.05, 3.63) is 29.8 Å². The molecule has 6 heteroatoms. The Morgan fingerprint density at radius 2 is 1.76 bits per heavy atom. The highest BCUT2D eigenvalue weighted by molar-refractivity contribution is 5.96. The number of benzene rings is 1. The molecule has 2 aliphatic rings. The van der Waals surface area contributed by atoms with E-state index in [0.29, 0.717) is 17.9 Å². The number of carboxylic acid groups (broad SMARTS) is 1. The van der Waals surface area contributed by atoms with E-state index in [2.05, 4.69) is 5.32 Å². The number of carbonyl (C=O) groups excluding carboxylic acids is 2. The lowest BCUT2D eigenvalue weighted by atomic mass is 9.78. The van der Waals surface area contributed by atoms with E-state index in [1.807, 2.05) is 6.92 Å². The molecule has 1 aromatic carbocycles. The van der Waals surface area contributed by atoms with Crippen molar-refractivity contribution in [1.29, 1.82) is 0 Å². The number of anilines is 1. The van der Waals surface area contributed by atoms with Crippen LogP contribution < -0.4 is 5.32 Å². The van der Waals surface area contributed by atoms with Crippen LogP contribution in [0, 0.1) is 23.7 Å². The number of carbonyl (C=O) groups is 3. The van der Waals surface area contributed by atoms with Crippen LogP contribution in [0.4, 0.5) is 5.69 Å². The fourth-order valence-electron chi connectivity index (χ4n) is 4.22. The Morgan fingerprint density at radius 1 is 1.12 bits per heavy atom. The largest absolute Gasteiger partial charge is 0.481 e. The maximum absolute atomic E-state index is 12.6. The molecule has 1 amide bonds. The van der Waals surface area contributed by atoms with Crippen LogP contribution in [0.2, 0.25) is 0 Å². The molecule has 0 heterocycles. The highest BCUT2D eigenvalue weighted by Crippen LogP contribution is 2.52. The first kappa shape index (κ1) is 17.5. The minimum absolute atomic E-state index is 0.119. The number of carboxylic acids is 1. The number of hydrogen-bond donors (Lipinski definition) is 2. The first-order chi connectivity index (χ1) is 12.0. The van der Waals surface area contributed by atoms with Gasteiger partial charge in [-0.15, -0.1) is 0 Å². The number of amides is 1. The van der Waals surface area contributed by atoms with Crippen molar-refractivity contribution in [1.82, 2.24) is 0 Å².